The minimum absolute atomic E-state index is 0.0121. The van der Waals surface area contributed by atoms with E-state index in [1.807, 2.05) is 37.3 Å². The predicted octanol–water partition coefficient (Wildman–Crippen LogP) is 7.50. The lowest BCUT2D eigenvalue weighted by atomic mass is 10.0. The lowest BCUT2D eigenvalue weighted by molar-refractivity contribution is 0.447. The van der Waals surface area contributed by atoms with Gasteiger partial charge in [-0.1, -0.05) is 72.8 Å². The van der Waals surface area contributed by atoms with E-state index < -0.39 is 23.3 Å². The van der Waals surface area contributed by atoms with Crippen LogP contribution in [-0.4, -0.2) is 0 Å². The Labute approximate surface area is 167 Å². The fourth-order valence-corrected chi connectivity index (χ4v) is 2.87. The maximum Gasteiger partial charge on any atom is 0.194 e. The topological polar surface area (TPSA) is 0 Å². The molecule has 3 aromatic rings. The van der Waals surface area contributed by atoms with Gasteiger partial charge in [-0.15, -0.1) is 0 Å². The minimum Gasteiger partial charge on any atom is -0.206 e. The molecule has 0 fully saturated rings. The molecule has 4 heteroatoms. The van der Waals surface area contributed by atoms with Crippen molar-refractivity contribution in [1.82, 2.24) is 0 Å². The van der Waals surface area contributed by atoms with E-state index >= 15 is 0 Å². The third kappa shape index (κ3) is 4.72. The van der Waals surface area contributed by atoms with Crippen LogP contribution in [-0.2, 0) is 0 Å². The molecule has 0 nitrogen and oxygen atoms in total. The monoisotopic (exact) mass is 394 g/mol. The van der Waals surface area contributed by atoms with Crippen LogP contribution in [0.3, 0.4) is 0 Å². The van der Waals surface area contributed by atoms with Crippen LogP contribution < -0.4 is 0 Å². The van der Waals surface area contributed by atoms with Crippen LogP contribution in [0.15, 0.2) is 79.4 Å². The summed E-state index contributed by atoms with van der Waals surface area (Å²) in [5.41, 5.74) is 3.57. The Kier molecular flexibility index (Phi) is 6.13. The maximum absolute atomic E-state index is 14.5. The highest BCUT2D eigenvalue weighted by Crippen LogP contribution is 2.27. The third-order valence-electron chi connectivity index (χ3n) is 4.46. The van der Waals surface area contributed by atoms with Crippen LogP contribution in [0.25, 0.3) is 22.8 Å². The Balaban J connectivity index is 1.85. The number of allylic oxidation sites excluding steroid dienone is 4. The summed E-state index contributed by atoms with van der Waals surface area (Å²) in [5.74, 6) is -4.96. The van der Waals surface area contributed by atoms with Gasteiger partial charge >= 0.3 is 0 Å². The molecule has 0 radical (unpaired) electrons. The van der Waals surface area contributed by atoms with Crippen LogP contribution in [0.4, 0.5) is 17.6 Å². The van der Waals surface area contributed by atoms with Gasteiger partial charge in [0, 0.05) is 5.56 Å². The summed E-state index contributed by atoms with van der Waals surface area (Å²) in [6.45, 7) is 5.82. The van der Waals surface area contributed by atoms with E-state index in [0.717, 1.165) is 28.8 Å². The van der Waals surface area contributed by atoms with Gasteiger partial charge in [-0.25, -0.2) is 17.6 Å². The normalized spacial score (nSPS) is 11.8. The molecule has 0 saturated carbocycles. The summed E-state index contributed by atoms with van der Waals surface area (Å²) in [4.78, 5) is 0. The highest BCUT2D eigenvalue weighted by Gasteiger charge is 2.14. The van der Waals surface area contributed by atoms with Gasteiger partial charge in [-0.2, -0.15) is 0 Å². The van der Waals surface area contributed by atoms with Gasteiger partial charge in [0.05, 0.1) is 0 Å². The van der Waals surface area contributed by atoms with Crippen molar-refractivity contribution in [1.29, 1.82) is 0 Å². The van der Waals surface area contributed by atoms with Crippen molar-refractivity contribution in [2.24, 2.45) is 0 Å². The molecular weight excluding hydrogens is 376 g/mol. The van der Waals surface area contributed by atoms with Gasteiger partial charge in [-0.05, 0) is 47.4 Å². The van der Waals surface area contributed by atoms with E-state index in [-0.39, 0.29) is 11.1 Å². The minimum atomic E-state index is -1.58. The van der Waals surface area contributed by atoms with Crippen molar-refractivity contribution >= 4 is 11.6 Å². The Morgan fingerprint density at radius 1 is 0.828 bits per heavy atom. The molecule has 0 bridgehead atoms. The van der Waals surface area contributed by atoms with E-state index in [1.165, 1.54) is 12.1 Å². The second-order valence-corrected chi connectivity index (χ2v) is 6.54. The Morgan fingerprint density at radius 3 is 2.07 bits per heavy atom. The first kappa shape index (κ1) is 20.3. The van der Waals surface area contributed by atoms with Gasteiger partial charge in [0.25, 0.3) is 0 Å². The average Bonchev–Trinajstić information content (AvgIpc) is 2.70. The third-order valence-corrected chi connectivity index (χ3v) is 4.46. The Hall–Kier alpha value is -3.40. The zero-order chi connectivity index (χ0) is 21.0. The van der Waals surface area contributed by atoms with Crippen molar-refractivity contribution in [2.75, 3.05) is 0 Å². The number of hydrogen-bond donors (Lipinski definition) is 0. The molecule has 0 aliphatic carbocycles. The first-order valence-corrected chi connectivity index (χ1v) is 8.91. The summed E-state index contributed by atoms with van der Waals surface area (Å²) >= 11 is 0. The van der Waals surface area contributed by atoms with E-state index in [1.54, 1.807) is 24.3 Å². The molecule has 0 heterocycles. The number of benzene rings is 3. The first-order valence-electron chi connectivity index (χ1n) is 8.91. The molecule has 29 heavy (non-hydrogen) atoms. The summed E-state index contributed by atoms with van der Waals surface area (Å²) in [6, 6.07) is 13.8. The number of hydrogen-bond acceptors (Lipinski definition) is 0. The highest BCUT2D eigenvalue weighted by atomic mass is 19.2. The number of aryl methyl sites for hydroxylation is 1. The largest absolute Gasteiger partial charge is 0.206 e. The summed E-state index contributed by atoms with van der Waals surface area (Å²) in [7, 11) is 0. The molecule has 0 aliphatic rings. The van der Waals surface area contributed by atoms with Gasteiger partial charge in [0.1, 0.15) is 5.82 Å². The predicted molar refractivity (Wildman–Crippen MR) is 110 cm³/mol. The molecule has 0 aromatic heterocycles. The Bertz CT molecular complexity index is 1080. The van der Waals surface area contributed by atoms with E-state index in [9.17, 15) is 17.6 Å². The number of halogens is 4. The second kappa shape index (κ2) is 8.74. The molecule has 0 saturated heterocycles. The molecule has 0 N–H and O–H groups in total. The lowest BCUT2D eigenvalue weighted by Gasteiger charge is -2.06. The first-order chi connectivity index (χ1) is 13.9. The highest BCUT2D eigenvalue weighted by molar-refractivity contribution is 5.76. The molecular formula is C25H18F4. The second-order valence-electron chi connectivity index (χ2n) is 6.54. The molecule has 0 spiro atoms. The standard InChI is InChI=1S/C25H18F4/c1-3-18(19-10-7-16(2)8-11-19)6-4-5-17-9-12-21(22(26)13-17)20-14-23(27)25(29)24(28)15-20/h3-15H,1H2,2H3/b5-4+,18-6+. The quantitative estimate of drug-likeness (QED) is 0.239. The van der Waals surface area contributed by atoms with Gasteiger partial charge in [0.15, 0.2) is 17.5 Å². The van der Waals surface area contributed by atoms with Crippen molar-refractivity contribution in [3.8, 4) is 11.1 Å². The number of rotatable bonds is 5. The van der Waals surface area contributed by atoms with E-state index in [4.69, 9.17) is 0 Å². The molecule has 3 rings (SSSR count). The van der Waals surface area contributed by atoms with Gasteiger partial charge in [0.2, 0.25) is 0 Å². The van der Waals surface area contributed by atoms with Crippen LogP contribution >= 0.6 is 0 Å². The van der Waals surface area contributed by atoms with Crippen LogP contribution in [0.5, 0.6) is 0 Å². The molecule has 0 unspecified atom stereocenters. The van der Waals surface area contributed by atoms with E-state index in [0.29, 0.717) is 5.56 Å². The van der Waals surface area contributed by atoms with Crippen LogP contribution in [0, 0.1) is 30.2 Å². The van der Waals surface area contributed by atoms with Crippen molar-refractivity contribution in [3.63, 3.8) is 0 Å². The fraction of sp³-hybridized carbons (Fsp3) is 0.0400. The van der Waals surface area contributed by atoms with Gasteiger partial charge in [-0.3, -0.25) is 0 Å². The van der Waals surface area contributed by atoms with Crippen molar-refractivity contribution < 1.29 is 17.6 Å². The molecule has 3 aromatic carbocycles. The summed E-state index contributed by atoms with van der Waals surface area (Å²) in [6.07, 6.45) is 7.06. The molecule has 0 amide bonds. The Morgan fingerprint density at radius 2 is 1.48 bits per heavy atom. The maximum atomic E-state index is 14.5. The van der Waals surface area contributed by atoms with Crippen molar-refractivity contribution in [2.45, 2.75) is 6.92 Å². The van der Waals surface area contributed by atoms with Crippen molar-refractivity contribution in [3.05, 3.63) is 119 Å². The zero-order valence-corrected chi connectivity index (χ0v) is 15.7. The fourth-order valence-electron chi connectivity index (χ4n) is 2.87. The van der Waals surface area contributed by atoms with Crippen LogP contribution in [0.1, 0.15) is 16.7 Å². The average molecular weight is 394 g/mol. The molecule has 0 aliphatic heterocycles. The molecule has 0 atom stereocenters. The summed E-state index contributed by atoms with van der Waals surface area (Å²) in [5, 5.41) is 0. The van der Waals surface area contributed by atoms with Crippen LogP contribution in [0.2, 0.25) is 0 Å². The van der Waals surface area contributed by atoms with Gasteiger partial charge < -0.3 is 0 Å². The SMILES string of the molecule is C=C/C(=C\C=C\c1ccc(-c2cc(F)c(F)c(F)c2)c(F)c1)c1ccc(C)cc1. The molecule has 146 valence electrons. The van der Waals surface area contributed by atoms with E-state index in [2.05, 4.69) is 6.58 Å². The summed E-state index contributed by atoms with van der Waals surface area (Å²) < 4.78 is 54.4. The smallest absolute Gasteiger partial charge is 0.194 e. The zero-order valence-electron chi connectivity index (χ0n) is 15.7. The lowest BCUT2D eigenvalue weighted by Crippen LogP contribution is -1.93.